The van der Waals surface area contributed by atoms with Crippen molar-refractivity contribution < 1.29 is 9.53 Å². The molecule has 3 heteroatoms. The molecule has 0 radical (unpaired) electrons. The molecule has 0 aliphatic carbocycles. The molecule has 3 nitrogen and oxygen atoms in total. The van der Waals surface area contributed by atoms with Gasteiger partial charge in [0.15, 0.2) is 0 Å². The van der Waals surface area contributed by atoms with Gasteiger partial charge in [-0.05, 0) is 11.6 Å². The Labute approximate surface area is 83.2 Å². The van der Waals surface area contributed by atoms with Crippen LogP contribution >= 0.6 is 0 Å². The molecule has 74 valence electrons. The molecule has 0 fully saturated rings. The average molecular weight is 191 g/mol. The highest BCUT2D eigenvalue weighted by Gasteiger charge is 2.05. The fourth-order valence-corrected chi connectivity index (χ4v) is 1.14. The van der Waals surface area contributed by atoms with Crippen molar-refractivity contribution in [2.24, 2.45) is 5.73 Å². The zero-order valence-electron chi connectivity index (χ0n) is 7.90. The Balaban J connectivity index is 2.74. The van der Waals surface area contributed by atoms with E-state index in [1.165, 1.54) is 0 Å². The van der Waals surface area contributed by atoms with E-state index >= 15 is 0 Å². The fourth-order valence-electron chi connectivity index (χ4n) is 1.14. The standard InChI is InChI=1S/C11H13NO2/c1-2-7-14-8-9-5-3-4-6-10(9)11(12)13/h2-6H,1,7-8H2,(H2,12,13). The van der Waals surface area contributed by atoms with E-state index in [1.54, 1.807) is 18.2 Å². The average Bonchev–Trinajstić information content (AvgIpc) is 2.19. The van der Waals surface area contributed by atoms with Crippen molar-refractivity contribution in [3.63, 3.8) is 0 Å². The van der Waals surface area contributed by atoms with E-state index in [0.29, 0.717) is 18.8 Å². The molecule has 0 atom stereocenters. The number of carbonyl (C=O) groups excluding carboxylic acids is 1. The number of benzene rings is 1. The third-order valence-electron chi connectivity index (χ3n) is 1.78. The van der Waals surface area contributed by atoms with Crippen molar-refractivity contribution in [2.45, 2.75) is 6.61 Å². The van der Waals surface area contributed by atoms with E-state index in [1.807, 2.05) is 12.1 Å². The van der Waals surface area contributed by atoms with Gasteiger partial charge in [0.25, 0.3) is 0 Å². The summed E-state index contributed by atoms with van der Waals surface area (Å²) in [6.45, 7) is 4.38. The first-order valence-corrected chi connectivity index (χ1v) is 4.32. The van der Waals surface area contributed by atoms with Crippen LogP contribution in [0.4, 0.5) is 0 Å². The van der Waals surface area contributed by atoms with E-state index in [-0.39, 0.29) is 0 Å². The van der Waals surface area contributed by atoms with Crippen molar-refractivity contribution in [2.75, 3.05) is 6.61 Å². The molecule has 0 heterocycles. The molecule has 0 aliphatic rings. The lowest BCUT2D eigenvalue weighted by molar-refractivity contribution is 0.0992. The Kier molecular flexibility index (Phi) is 3.88. The Morgan fingerprint density at radius 3 is 2.86 bits per heavy atom. The van der Waals surface area contributed by atoms with Gasteiger partial charge in [-0.3, -0.25) is 4.79 Å². The van der Waals surface area contributed by atoms with Crippen LogP contribution in [0.1, 0.15) is 15.9 Å². The van der Waals surface area contributed by atoms with E-state index in [4.69, 9.17) is 10.5 Å². The zero-order valence-corrected chi connectivity index (χ0v) is 7.90. The first-order chi connectivity index (χ1) is 6.75. The number of hydrogen-bond donors (Lipinski definition) is 1. The summed E-state index contributed by atoms with van der Waals surface area (Å²) in [5, 5.41) is 0. The molecule has 1 amide bonds. The summed E-state index contributed by atoms with van der Waals surface area (Å²) in [7, 11) is 0. The SMILES string of the molecule is C=CCOCc1ccccc1C(N)=O. The number of nitrogens with two attached hydrogens (primary N) is 1. The molecule has 0 aliphatic heterocycles. The van der Waals surface area contributed by atoms with Gasteiger partial charge in [-0.1, -0.05) is 24.3 Å². The van der Waals surface area contributed by atoms with Gasteiger partial charge >= 0.3 is 0 Å². The number of carbonyl (C=O) groups is 1. The highest BCUT2D eigenvalue weighted by molar-refractivity contribution is 5.94. The predicted octanol–water partition coefficient (Wildman–Crippen LogP) is 1.49. The molecule has 0 saturated carbocycles. The lowest BCUT2D eigenvalue weighted by atomic mass is 10.1. The molecular formula is C11H13NO2. The molecule has 2 N–H and O–H groups in total. The molecule has 0 bridgehead atoms. The van der Waals surface area contributed by atoms with Crippen LogP contribution in [0.3, 0.4) is 0 Å². The number of primary amides is 1. The molecule has 0 saturated heterocycles. The predicted molar refractivity (Wildman–Crippen MR) is 54.8 cm³/mol. The Morgan fingerprint density at radius 1 is 1.50 bits per heavy atom. The minimum atomic E-state index is -0.428. The zero-order chi connectivity index (χ0) is 10.4. The van der Waals surface area contributed by atoms with Crippen LogP contribution in [-0.4, -0.2) is 12.5 Å². The molecule has 0 aromatic heterocycles. The number of ether oxygens (including phenoxy) is 1. The lowest BCUT2D eigenvalue weighted by Crippen LogP contribution is -2.14. The molecule has 0 spiro atoms. The van der Waals surface area contributed by atoms with Gasteiger partial charge in [-0.2, -0.15) is 0 Å². The fraction of sp³-hybridized carbons (Fsp3) is 0.182. The van der Waals surface area contributed by atoms with E-state index in [9.17, 15) is 4.79 Å². The second kappa shape index (κ2) is 5.19. The second-order valence-corrected chi connectivity index (χ2v) is 2.83. The highest BCUT2D eigenvalue weighted by Crippen LogP contribution is 2.09. The largest absolute Gasteiger partial charge is 0.373 e. The van der Waals surface area contributed by atoms with E-state index in [2.05, 4.69) is 6.58 Å². The van der Waals surface area contributed by atoms with Gasteiger partial charge in [0.2, 0.25) is 5.91 Å². The minimum Gasteiger partial charge on any atom is -0.373 e. The normalized spacial score (nSPS) is 9.71. The quantitative estimate of drug-likeness (QED) is 0.566. The lowest BCUT2D eigenvalue weighted by Gasteiger charge is -2.05. The minimum absolute atomic E-state index is 0.380. The van der Waals surface area contributed by atoms with Gasteiger partial charge in [0, 0.05) is 5.56 Å². The topological polar surface area (TPSA) is 52.3 Å². The van der Waals surface area contributed by atoms with E-state index < -0.39 is 5.91 Å². The summed E-state index contributed by atoms with van der Waals surface area (Å²) < 4.78 is 5.23. The van der Waals surface area contributed by atoms with Crippen molar-refractivity contribution in [3.05, 3.63) is 48.0 Å². The van der Waals surface area contributed by atoms with Gasteiger partial charge in [0.05, 0.1) is 13.2 Å². The first-order valence-electron chi connectivity index (χ1n) is 4.32. The van der Waals surface area contributed by atoms with Crippen molar-refractivity contribution in [1.82, 2.24) is 0 Å². The number of hydrogen-bond acceptors (Lipinski definition) is 2. The van der Waals surface area contributed by atoms with Gasteiger partial charge in [0.1, 0.15) is 0 Å². The number of rotatable bonds is 5. The van der Waals surface area contributed by atoms with Crippen LogP contribution in [0.25, 0.3) is 0 Å². The summed E-state index contributed by atoms with van der Waals surface area (Å²) in [6.07, 6.45) is 1.66. The summed E-state index contributed by atoms with van der Waals surface area (Å²) in [5.41, 5.74) is 6.52. The highest BCUT2D eigenvalue weighted by atomic mass is 16.5. The maximum Gasteiger partial charge on any atom is 0.249 e. The second-order valence-electron chi connectivity index (χ2n) is 2.83. The summed E-state index contributed by atoms with van der Waals surface area (Å²) >= 11 is 0. The summed E-state index contributed by atoms with van der Waals surface area (Å²) in [6, 6.07) is 7.13. The Hall–Kier alpha value is -1.61. The summed E-state index contributed by atoms with van der Waals surface area (Å²) in [4.78, 5) is 11.0. The summed E-state index contributed by atoms with van der Waals surface area (Å²) in [5.74, 6) is -0.428. The van der Waals surface area contributed by atoms with E-state index in [0.717, 1.165) is 5.56 Å². The monoisotopic (exact) mass is 191 g/mol. The van der Waals surface area contributed by atoms with Crippen molar-refractivity contribution in [1.29, 1.82) is 0 Å². The molecular weight excluding hydrogens is 178 g/mol. The maximum atomic E-state index is 11.0. The van der Waals surface area contributed by atoms with Crippen molar-refractivity contribution in [3.8, 4) is 0 Å². The van der Waals surface area contributed by atoms with Crippen LogP contribution < -0.4 is 5.73 Å². The Bertz CT molecular complexity index is 334. The molecule has 1 rings (SSSR count). The van der Waals surface area contributed by atoms with Crippen LogP contribution in [0.5, 0.6) is 0 Å². The van der Waals surface area contributed by atoms with Crippen molar-refractivity contribution >= 4 is 5.91 Å². The molecule has 1 aromatic rings. The maximum absolute atomic E-state index is 11.0. The number of amides is 1. The first kappa shape index (κ1) is 10.5. The third kappa shape index (κ3) is 2.71. The van der Waals surface area contributed by atoms with Gasteiger partial charge in [-0.15, -0.1) is 6.58 Å². The van der Waals surface area contributed by atoms with Crippen LogP contribution in [0.15, 0.2) is 36.9 Å². The third-order valence-corrected chi connectivity index (χ3v) is 1.78. The van der Waals surface area contributed by atoms with Crippen LogP contribution in [-0.2, 0) is 11.3 Å². The van der Waals surface area contributed by atoms with Gasteiger partial charge in [-0.25, -0.2) is 0 Å². The van der Waals surface area contributed by atoms with Gasteiger partial charge < -0.3 is 10.5 Å². The van der Waals surface area contributed by atoms with Crippen LogP contribution in [0, 0.1) is 0 Å². The molecule has 14 heavy (non-hydrogen) atoms. The Morgan fingerprint density at radius 2 is 2.21 bits per heavy atom. The molecule has 1 aromatic carbocycles. The van der Waals surface area contributed by atoms with Crippen LogP contribution in [0.2, 0.25) is 0 Å². The smallest absolute Gasteiger partial charge is 0.249 e. The molecule has 0 unspecified atom stereocenters.